The number of ketones is 1. The van der Waals surface area contributed by atoms with Gasteiger partial charge in [0.05, 0.1) is 11.6 Å². The molecule has 5 aromatic rings. The first-order valence-electron chi connectivity index (χ1n) is 14.2. The summed E-state index contributed by atoms with van der Waals surface area (Å²) in [5.74, 6) is 0.103. The molecule has 2 aliphatic rings. The van der Waals surface area contributed by atoms with Crippen molar-refractivity contribution in [2.45, 2.75) is 16.1 Å². The summed E-state index contributed by atoms with van der Waals surface area (Å²) in [5, 5.41) is 20.3. The van der Waals surface area contributed by atoms with Gasteiger partial charge < -0.3 is 19.3 Å². The molecule has 0 spiro atoms. The molecule has 46 heavy (non-hydrogen) atoms. The third-order valence-corrected chi connectivity index (χ3v) is 9.42. The molecule has 0 bridgehead atoms. The average molecular weight is 654 g/mol. The molecule has 1 amide bonds. The van der Waals surface area contributed by atoms with Crippen LogP contribution in [0.1, 0.15) is 22.7 Å². The van der Waals surface area contributed by atoms with Crippen molar-refractivity contribution in [1.82, 2.24) is 10.2 Å². The van der Waals surface area contributed by atoms with Gasteiger partial charge in [0, 0.05) is 11.3 Å². The number of ether oxygens (including phenoxy) is 3. The number of thioether (sulfide) groups is 1. The lowest BCUT2D eigenvalue weighted by Crippen LogP contribution is -2.29. The van der Waals surface area contributed by atoms with Crippen molar-refractivity contribution >= 4 is 45.7 Å². The van der Waals surface area contributed by atoms with Gasteiger partial charge in [-0.2, -0.15) is 0 Å². The molecule has 0 radical (unpaired) electrons. The minimum atomic E-state index is -1.05. The van der Waals surface area contributed by atoms with Crippen LogP contribution in [0.4, 0.5) is 9.52 Å². The number of fused-ring (bicyclic) bond motifs is 1. The van der Waals surface area contributed by atoms with Crippen molar-refractivity contribution in [2.24, 2.45) is 0 Å². The monoisotopic (exact) mass is 653 g/mol. The maximum atomic E-state index is 13.7. The molecule has 0 saturated carbocycles. The molecular formula is C34H24FN3O6S2. The summed E-state index contributed by atoms with van der Waals surface area (Å²) in [6.07, 6.45) is 0. The summed E-state index contributed by atoms with van der Waals surface area (Å²) in [6.45, 7) is 0.741. The van der Waals surface area contributed by atoms with Gasteiger partial charge in [-0.05, 0) is 65.7 Å². The van der Waals surface area contributed by atoms with Crippen LogP contribution in [0.2, 0.25) is 0 Å². The van der Waals surface area contributed by atoms with E-state index in [-0.39, 0.29) is 27.8 Å². The average Bonchev–Trinajstić information content (AvgIpc) is 3.66. The van der Waals surface area contributed by atoms with Crippen LogP contribution in [0.3, 0.4) is 0 Å². The molecule has 1 aromatic heterocycles. The molecule has 9 nitrogen and oxygen atoms in total. The number of carbonyl (C=O) groups excluding carboxylic acids is 2. The number of Topliss-reactive ketones (excluding diaryl/α,β-unsaturated/α-hetero) is 1. The Hall–Kier alpha value is -5.20. The Bertz CT molecular complexity index is 1970. The third-order valence-electron chi connectivity index (χ3n) is 7.29. The highest BCUT2D eigenvalue weighted by Gasteiger charge is 2.48. The highest BCUT2D eigenvalue weighted by molar-refractivity contribution is 8.00. The fourth-order valence-corrected chi connectivity index (χ4v) is 6.97. The Kier molecular flexibility index (Phi) is 8.12. The number of rotatable bonds is 8. The quantitative estimate of drug-likeness (QED) is 0.0613. The van der Waals surface area contributed by atoms with E-state index in [4.69, 9.17) is 14.2 Å². The normalized spacial score (nSPS) is 16.9. The number of anilines is 1. The third kappa shape index (κ3) is 5.92. The largest absolute Gasteiger partial charge is 0.507 e. The smallest absolute Gasteiger partial charge is 0.301 e. The number of aliphatic hydroxyl groups excluding tert-OH is 1. The Morgan fingerprint density at radius 2 is 1.67 bits per heavy atom. The van der Waals surface area contributed by atoms with Gasteiger partial charge in [-0.25, -0.2) is 4.39 Å². The van der Waals surface area contributed by atoms with Crippen LogP contribution in [0.25, 0.3) is 5.76 Å². The highest BCUT2D eigenvalue weighted by Crippen LogP contribution is 2.45. The molecule has 0 aliphatic carbocycles. The fraction of sp³-hybridized carbons (Fsp3) is 0.118. The summed E-state index contributed by atoms with van der Waals surface area (Å²) in [4.78, 5) is 28.7. The molecule has 2 aliphatic heterocycles. The predicted molar refractivity (Wildman–Crippen MR) is 171 cm³/mol. The zero-order valence-electron chi connectivity index (χ0n) is 24.0. The van der Waals surface area contributed by atoms with Gasteiger partial charge in [0.15, 0.2) is 15.8 Å². The fourth-order valence-electron chi connectivity index (χ4n) is 5.15. The van der Waals surface area contributed by atoms with Crippen molar-refractivity contribution in [3.63, 3.8) is 0 Å². The maximum absolute atomic E-state index is 13.7. The number of aliphatic hydroxyl groups is 1. The van der Waals surface area contributed by atoms with E-state index < -0.39 is 17.7 Å². The Morgan fingerprint density at radius 1 is 0.913 bits per heavy atom. The molecule has 1 fully saturated rings. The molecule has 12 heteroatoms. The van der Waals surface area contributed by atoms with E-state index in [1.165, 1.54) is 28.8 Å². The molecule has 3 heterocycles. The van der Waals surface area contributed by atoms with E-state index in [1.807, 2.05) is 30.3 Å². The lowest BCUT2D eigenvalue weighted by atomic mass is 9.95. The first kappa shape index (κ1) is 29.5. The number of benzene rings is 4. The summed E-state index contributed by atoms with van der Waals surface area (Å²) in [6, 6.07) is 26.1. The van der Waals surface area contributed by atoms with Crippen LogP contribution < -0.4 is 19.1 Å². The van der Waals surface area contributed by atoms with Crippen molar-refractivity contribution in [3.05, 3.63) is 125 Å². The number of carbonyl (C=O) groups is 2. The number of hydrogen-bond acceptors (Lipinski definition) is 10. The van der Waals surface area contributed by atoms with Crippen molar-refractivity contribution in [2.75, 3.05) is 18.1 Å². The second kappa shape index (κ2) is 12.7. The van der Waals surface area contributed by atoms with Crippen molar-refractivity contribution < 1.29 is 33.3 Å². The van der Waals surface area contributed by atoms with Gasteiger partial charge in [-0.15, -0.1) is 10.2 Å². The molecule has 1 unspecified atom stereocenters. The number of aromatic nitrogens is 2. The van der Waals surface area contributed by atoms with Gasteiger partial charge in [0.1, 0.15) is 36.3 Å². The number of halogens is 1. The number of para-hydroxylation sites is 1. The first-order chi connectivity index (χ1) is 22.4. The second-order valence-corrected chi connectivity index (χ2v) is 12.5. The summed E-state index contributed by atoms with van der Waals surface area (Å²) in [7, 11) is 0. The summed E-state index contributed by atoms with van der Waals surface area (Å²) in [5.41, 5.74) is 1.58. The van der Waals surface area contributed by atoms with Crippen LogP contribution in [0.15, 0.2) is 107 Å². The van der Waals surface area contributed by atoms with E-state index in [1.54, 1.807) is 54.6 Å². The molecule has 1 atom stereocenters. The number of hydrogen-bond donors (Lipinski definition) is 1. The van der Waals surface area contributed by atoms with E-state index in [2.05, 4.69) is 10.2 Å². The molecule has 4 aromatic carbocycles. The lowest BCUT2D eigenvalue weighted by Gasteiger charge is -2.23. The zero-order chi connectivity index (χ0) is 31.6. The zero-order valence-corrected chi connectivity index (χ0v) is 25.6. The molecule has 230 valence electrons. The van der Waals surface area contributed by atoms with Gasteiger partial charge in [0.2, 0.25) is 5.13 Å². The van der Waals surface area contributed by atoms with E-state index >= 15 is 0 Å². The summed E-state index contributed by atoms with van der Waals surface area (Å²) < 4.78 is 31.2. The van der Waals surface area contributed by atoms with E-state index in [0.717, 1.165) is 16.9 Å². The summed E-state index contributed by atoms with van der Waals surface area (Å²) >= 11 is 2.51. The molecule has 1 N–H and O–H groups in total. The highest BCUT2D eigenvalue weighted by atomic mass is 32.2. The maximum Gasteiger partial charge on any atom is 0.301 e. The van der Waals surface area contributed by atoms with E-state index in [9.17, 15) is 19.1 Å². The van der Waals surface area contributed by atoms with Gasteiger partial charge in [-0.1, -0.05) is 65.6 Å². The van der Waals surface area contributed by atoms with E-state index in [0.29, 0.717) is 51.9 Å². The van der Waals surface area contributed by atoms with Crippen LogP contribution in [-0.4, -0.2) is 40.2 Å². The lowest BCUT2D eigenvalue weighted by molar-refractivity contribution is -0.132. The van der Waals surface area contributed by atoms with Crippen LogP contribution >= 0.6 is 23.1 Å². The SMILES string of the molecule is O=C1C(=O)N(c2nnc(SCc3ccc(F)cc3)s2)C(c2cccc(Oc3ccccc3)c2)/C1=C(\O)c1ccc2c(c1)OCCO2. The van der Waals surface area contributed by atoms with Crippen LogP contribution in [0, 0.1) is 5.82 Å². The second-order valence-electron chi connectivity index (χ2n) is 10.3. The predicted octanol–water partition coefficient (Wildman–Crippen LogP) is 7.16. The molecule has 1 saturated heterocycles. The van der Waals surface area contributed by atoms with Crippen LogP contribution in [0.5, 0.6) is 23.0 Å². The number of amides is 1. The number of nitrogens with zero attached hydrogens (tertiary/aromatic N) is 3. The minimum absolute atomic E-state index is 0.116. The van der Waals surface area contributed by atoms with Gasteiger partial charge >= 0.3 is 5.91 Å². The Labute approximate surface area is 270 Å². The van der Waals surface area contributed by atoms with Crippen molar-refractivity contribution in [1.29, 1.82) is 0 Å². The molecule has 7 rings (SSSR count). The van der Waals surface area contributed by atoms with Crippen LogP contribution in [-0.2, 0) is 15.3 Å². The van der Waals surface area contributed by atoms with Gasteiger partial charge in [0.25, 0.3) is 5.78 Å². The minimum Gasteiger partial charge on any atom is -0.507 e. The topological polar surface area (TPSA) is 111 Å². The standard InChI is InChI=1S/C34H24FN3O6S2/c35-23-12-9-20(10-13-23)19-45-34-37-36-33(46-34)38-29(21-5-4-8-25(17-21)44-24-6-2-1-3-7-24)28(31(40)32(38)41)30(39)22-11-14-26-27(18-22)43-16-15-42-26/h1-14,17-18,29,39H,15-16,19H2/b30-28+. The van der Waals surface area contributed by atoms with Gasteiger partial charge in [-0.3, -0.25) is 14.5 Å². The Morgan fingerprint density at radius 3 is 2.48 bits per heavy atom. The van der Waals surface area contributed by atoms with Crippen molar-refractivity contribution in [3.8, 4) is 23.0 Å². The first-order valence-corrected chi connectivity index (χ1v) is 16.0. The Balaban J connectivity index is 1.28. The molecular weight excluding hydrogens is 630 g/mol.